The van der Waals surface area contributed by atoms with Crippen molar-refractivity contribution in [1.29, 1.82) is 0 Å². The fourth-order valence-corrected chi connectivity index (χ4v) is 2.86. The van der Waals surface area contributed by atoms with Crippen molar-refractivity contribution in [3.8, 4) is 0 Å². The van der Waals surface area contributed by atoms with Crippen LogP contribution in [0.2, 0.25) is 0 Å². The predicted octanol–water partition coefficient (Wildman–Crippen LogP) is 2.87. The van der Waals surface area contributed by atoms with Gasteiger partial charge in [-0.25, -0.2) is 9.50 Å². The van der Waals surface area contributed by atoms with E-state index < -0.39 is 0 Å². The number of hydrogen-bond donors (Lipinski definition) is 0. The first-order chi connectivity index (χ1) is 7.22. The molecule has 0 radical (unpaired) electrons. The van der Waals surface area contributed by atoms with Gasteiger partial charge in [-0.2, -0.15) is 5.10 Å². The van der Waals surface area contributed by atoms with E-state index in [9.17, 15) is 0 Å². The lowest BCUT2D eigenvalue weighted by Crippen LogP contribution is -1.94. The zero-order valence-electron chi connectivity index (χ0n) is 9.10. The van der Waals surface area contributed by atoms with E-state index in [-0.39, 0.29) is 0 Å². The van der Waals surface area contributed by atoms with Gasteiger partial charge in [0.2, 0.25) is 4.96 Å². The van der Waals surface area contributed by atoms with Crippen molar-refractivity contribution in [2.24, 2.45) is 5.92 Å². The first-order valence-corrected chi connectivity index (χ1v) is 6.39. The molecule has 0 spiro atoms. The number of aromatic nitrogens is 3. The Kier molecular flexibility index (Phi) is 2.06. The summed E-state index contributed by atoms with van der Waals surface area (Å²) in [7, 11) is 0. The average molecular weight is 221 g/mol. The van der Waals surface area contributed by atoms with Gasteiger partial charge in [0.05, 0.1) is 11.9 Å². The van der Waals surface area contributed by atoms with Gasteiger partial charge in [-0.15, -0.1) is 0 Å². The number of imidazole rings is 1. The Hall–Kier alpha value is -0.900. The minimum absolute atomic E-state index is 0.670. The van der Waals surface area contributed by atoms with Crippen molar-refractivity contribution in [2.75, 3.05) is 0 Å². The molecule has 0 aliphatic heterocycles. The van der Waals surface area contributed by atoms with Crippen LogP contribution >= 0.6 is 11.3 Å². The van der Waals surface area contributed by atoms with Gasteiger partial charge in [0.1, 0.15) is 5.01 Å². The van der Waals surface area contributed by atoms with Gasteiger partial charge in [-0.3, -0.25) is 0 Å². The predicted molar refractivity (Wildman–Crippen MR) is 61.4 cm³/mol. The molecule has 0 saturated heterocycles. The second-order valence-corrected chi connectivity index (χ2v) is 5.80. The molecule has 80 valence electrons. The molecule has 1 fully saturated rings. The summed E-state index contributed by atoms with van der Waals surface area (Å²) in [6.45, 7) is 4.44. The Balaban J connectivity index is 1.91. The van der Waals surface area contributed by atoms with E-state index in [4.69, 9.17) is 0 Å². The van der Waals surface area contributed by atoms with Crippen LogP contribution in [-0.2, 0) is 6.42 Å². The lowest BCUT2D eigenvalue weighted by atomic mass is 10.1. The molecule has 2 aromatic heterocycles. The van der Waals surface area contributed by atoms with Crippen molar-refractivity contribution >= 4 is 16.3 Å². The topological polar surface area (TPSA) is 30.2 Å². The highest BCUT2D eigenvalue weighted by Crippen LogP contribution is 2.39. The molecule has 0 amide bonds. The third kappa shape index (κ3) is 1.78. The van der Waals surface area contributed by atoms with E-state index in [0.29, 0.717) is 5.92 Å². The highest BCUT2D eigenvalue weighted by molar-refractivity contribution is 7.16. The Morgan fingerprint density at radius 1 is 1.53 bits per heavy atom. The smallest absolute Gasteiger partial charge is 0.212 e. The van der Waals surface area contributed by atoms with Crippen molar-refractivity contribution < 1.29 is 0 Å². The van der Waals surface area contributed by atoms with Gasteiger partial charge in [-0.05, 0) is 18.8 Å². The summed E-state index contributed by atoms with van der Waals surface area (Å²) < 4.78 is 1.95. The lowest BCUT2D eigenvalue weighted by molar-refractivity contribution is 0.636. The molecule has 3 rings (SSSR count). The minimum Gasteiger partial charge on any atom is -0.222 e. The molecule has 3 nitrogen and oxygen atoms in total. The average Bonchev–Trinajstić information content (AvgIpc) is 2.81. The Morgan fingerprint density at radius 3 is 2.93 bits per heavy atom. The molecular weight excluding hydrogens is 206 g/mol. The molecular formula is C11H15N3S. The first kappa shape index (κ1) is 9.33. The number of hydrogen-bond acceptors (Lipinski definition) is 3. The summed E-state index contributed by atoms with van der Waals surface area (Å²) in [5, 5.41) is 5.76. The summed E-state index contributed by atoms with van der Waals surface area (Å²) in [6.07, 6.45) is 5.79. The lowest BCUT2D eigenvalue weighted by Gasteiger charge is -1.97. The summed E-state index contributed by atoms with van der Waals surface area (Å²) in [5.74, 6) is 1.40. The van der Waals surface area contributed by atoms with Gasteiger partial charge in [0, 0.05) is 12.3 Å². The van der Waals surface area contributed by atoms with Crippen LogP contribution in [0.25, 0.3) is 4.96 Å². The fraction of sp³-hybridized carbons (Fsp3) is 0.636. The monoisotopic (exact) mass is 221 g/mol. The molecule has 15 heavy (non-hydrogen) atoms. The van der Waals surface area contributed by atoms with Crippen molar-refractivity contribution in [2.45, 2.75) is 39.0 Å². The Morgan fingerprint density at radius 2 is 2.33 bits per heavy atom. The molecule has 0 atom stereocenters. The van der Waals surface area contributed by atoms with E-state index >= 15 is 0 Å². The Bertz CT molecular complexity index is 447. The molecule has 0 bridgehead atoms. The van der Waals surface area contributed by atoms with Crippen molar-refractivity contribution in [3.05, 3.63) is 16.9 Å². The van der Waals surface area contributed by atoms with E-state index in [0.717, 1.165) is 17.3 Å². The quantitative estimate of drug-likeness (QED) is 0.797. The van der Waals surface area contributed by atoms with Crippen LogP contribution in [0.5, 0.6) is 0 Å². The third-order valence-corrected chi connectivity index (χ3v) is 3.63. The summed E-state index contributed by atoms with van der Waals surface area (Å²) in [4.78, 5) is 5.68. The molecule has 2 aromatic rings. The molecule has 0 N–H and O–H groups in total. The van der Waals surface area contributed by atoms with E-state index in [1.165, 1.54) is 23.5 Å². The van der Waals surface area contributed by atoms with Crippen LogP contribution in [0.1, 0.15) is 43.3 Å². The van der Waals surface area contributed by atoms with Crippen LogP contribution in [0.3, 0.4) is 0 Å². The second kappa shape index (κ2) is 3.30. The largest absolute Gasteiger partial charge is 0.222 e. The summed E-state index contributed by atoms with van der Waals surface area (Å²) in [5.41, 5.74) is 1.24. The van der Waals surface area contributed by atoms with Crippen LogP contribution < -0.4 is 0 Å². The van der Waals surface area contributed by atoms with Crippen molar-refractivity contribution in [3.63, 3.8) is 0 Å². The van der Waals surface area contributed by atoms with E-state index in [1.807, 2.05) is 4.52 Å². The van der Waals surface area contributed by atoms with Gasteiger partial charge < -0.3 is 0 Å². The van der Waals surface area contributed by atoms with Crippen LogP contribution in [0.4, 0.5) is 0 Å². The second-order valence-electron chi connectivity index (χ2n) is 4.76. The summed E-state index contributed by atoms with van der Waals surface area (Å²) in [6, 6.07) is 0. The van der Waals surface area contributed by atoms with Crippen LogP contribution in [0, 0.1) is 5.92 Å². The van der Waals surface area contributed by atoms with Gasteiger partial charge in [0.25, 0.3) is 0 Å². The molecule has 0 aromatic carbocycles. The molecule has 2 heterocycles. The SMILES string of the molecule is CC(C)Cc1nn2cc(C3CC3)nc2s1. The van der Waals surface area contributed by atoms with Gasteiger partial charge in [0.15, 0.2) is 0 Å². The molecule has 0 unspecified atom stereocenters. The highest BCUT2D eigenvalue weighted by atomic mass is 32.1. The summed E-state index contributed by atoms with van der Waals surface area (Å²) >= 11 is 1.73. The zero-order valence-corrected chi connectivity index (χ0v) is 9.92. The molecule has 1 saturated carbocycles. The molecule has 1 aliphatic rings. The van der Waals surface area contributed by atoms with Crippen LogP contribution in [-0.4, -0.2) is 14.6 Å². The molecule has 1 aliphatic carbocycles. The fourth-order valence-electron chi connectivity index (χ4n) is 1.77. The minimum atomic E-state index is 0.670. The normalized spacial score (nSPS) is 16.7. The maximum Gasteiger partial charge on any atom is 0.212 e. The number of rotatable bonds is 3. The van der Waals surface area contributed by atoms with Crippen molar-refractivity contribution in [1.82, 2.24) is 14.6 Å². The molecule has 4 heteroatoms. The van der Waals surface area contributed by atoms with Gasteiger partial charge >= 0.3 is 0 Å². The maximum atomic E-state index is 4.62. The maximum absolute atomic E-state index is 4.62. The zero-order chi connectivity index (χ0) is 10.4. The van der Waals surface area contributed by atoms with E-state index in [1.54, 1.807) is 11.3 Å². The van der Waals surface area contributed by atoms with E-state index in [2.05, 4.69) is 30.1 Å². The van der Waals surface area contributed by atoms with Crippen LogP contribution in [0.15, 0.2) is 6.20 Å². The standard InChI is InChI=1S/C11H15N3S/c1-7(2)5-10-13-14-6-9(8-3-4-8)12-11(14)15-10/h6-8H,3-5H2,1-2H3. The number of fused-ring (bicyclic) bond motifs is 1. The third-order valence-electron chi connectivity index (χ3n) is 2.68. The Labute approximate surface area is 93.1 Å². The number of nitrogens with zero attached hydrogens (tertiary/aromatic N) is 3. The highest BCUT2D eigenvalue weighted by Gasteiger charge is 2.26. The first-order valence-electron chi connectivity index (χ1n) is 5.57. The van der Waals surface area contributed by atoms with Gasteiger partial charge in [-0.1, -0.05) is 25.2 Å².